The van der Waals surface area contributed by atoms with Crippen molar-refractivity contribution in [3.05, 3.63) is 35.6 Å². The number of rotatable bonds is 5. The Kier molecular flexibility index (Phi) is 5.55. The van der Waals surface area contributed by atoms with E-state index in [4.69, 9.17) is 0 Å². The molecule has 0 amide bonds. The van der Waals surface area contributed by atoms with Crippen LogP contribution >= 0.6 is 0 Å². The van der Waals surface area contributed by atoms with Gasteiger partial charge in [0, 0.05) is 18.6 Å². The molecule has 1 saturated heterocycles. The summed E-state index contributed by atoms with van der Waals surface area (Å²) in [4.78, 5) is 2.57. The van der Waals surface area contributed by atoms with Gasteiger partial charge in [0.25, 0.3) is 0 Å². The van der Waals surface area contributed by atoms with Crippen LogP contribution in [0.2, 0.25) is 0 Å². The fourth-order valence-corrected chi connectivity index (χ4v) is 3.28. The number of nitrogens with one attached hydrogen (secondary N) is 1. The highest BCUT2D eigenvalue weighted by Gasteiger charge is 2.23. The van der Waals surface area contributed by atoms with Crippen molar-refractivity contribution in [2.24, 2.45) is 5.92 Å². The largest absolute Gasteiger partial charge is 0.313 e. The predicted molar refractivity (Wildman–Crippen MR) is 82.3 cm³/mol. The second-order valence-corrected chi connectivity index (χ2v) is 6.20. The molecular formula is C17H27FN2. The quantitative estimate of drug-likeness (QED) is 0.885. The number of hydrogen-bond acceptors (Lipinski definition) is 2. The maximum Gasteiger partial charge on any atom is 0.123 e. The Morgan fingerprint density at radius 2 is 2.20 bits per heavy atom. The summed E-state index contributed by atoms with van der Waals surface area (Å²) in [6.07, 6.45) is 3.62. The van der Waals surface area contributed by atoms with Gasteiger partial charge in [0.2, 0.25) is 0 Å². The van der Waals surface area contributed by atoms with Crippen LogP contribution in [0.4, 0.5) is 4.39 Å². The topological polar surface area (TPSA) is 15.3 Å². The summed E-state index contributed by atoms with van der Waals surface area (Å²) in [5.41, 5.74) is 1.05. The second-order valence-electron chi connectivity index (χ2n) is 6.20. The zero-order valence-corrected chi connectivity index (χ0v) is 12.9. The molecule has 3 unspecified atom stereocenters. The Morgan fingerprint density at radius 1 is 1.40 bits per heavy atom. The van der Waals surface area contributed by atoms with E-state index < -0.39 is 0 Å². The molecule has 0 bridgehead atoms. The number of nitrogens with zero attached hydrogens (tertiary/aromatic N) is 1. The zero-order chi connectivity index (χ0) is 14.5. The minimum atomic E-state index is -0.150. The van der Waals surface area contributed by atoms with Gasteiger partial charge in [-0.1, -0.05) is 19.1 Å². The minimum Gasteiger partial charge on any atom is -0.313 e. The molecule has 0 spiro atoms. The monoisotopic (exact) mass is 278 g/mol. The second kappa shape index (κ2) is 7.19. The molecule has 0 saturated carbocycles. The van der Waals surface area contributed by atoms with E-state index in [1.807, 2.05) is 13.1 Å². The summed E-state index contributed by atoms with van der Waals surface area (Å²) in [7, 11) is 1.96. The van der Waals surface area contributed by atoms with Gasteiger partial charge >= 0.3 is 0 Å². The van der Waals surface area contributed by atoms with E-state index >= 15 is 0 Å². The first-order valence-corrected chi connectivity index (χ1v) is 7.77. The molecule has 1 N–H and O–H groups in total. The van der Waals surface area contributed by atoms with Crippen LogP contribution in [0.3, 0.4) is 0 Å². The molecule has 0 aromatic heterocycles. The fraction of sp³-hybridized carbons (Fsp3) is 0.647. The van der Waals surface area contributed by atoms with Crippen molar-refractivity contribution in [2.75, 3.05) is 20.1 Å². The maximum atomic E-state index is 13.3. The Balaban J connectivity index is 1.91. The molecule has 2 nitrogen and oxygen atoms in total. The molecule has 3 atom stereocenters. The number of likely N-dealkylation sites (tertiary alicyclic amines) is 1. The first kappa shape index (κ1) is 15.5. The standard InChI is InChI=1S/C17H27FN2/c1-13-7-9-20(14(2)11-13)10-8-17(19-3)15-5-4-6-16(18)12-15/h4-6,12-14,17,19H,7-11H2,1-3H3. The first-order valence-electron chi connectivity index (χ1n) is 7.77. The fourth-order valence-electron chi connectivity index (χ4n) is 3.28. The van der Waals surface area contributed by atoms with Gasteiger partial charge in [-0.15, -0.1) is 0 Å². The van der Waals surface area contributed by atoms with Crippen LogP contribution in [-0.4, -0.2) is 31.1 Å². The molecule has 3 heteroatoms. The Labute approximate surface area is 122 Å². The number of halogens is 1. The molecule has 1 aromatic rings. The van der Waals surface area contributed by atoms with Crippen molar-refractivity contribution < 1.29 is 4.39 Å². The highest BCUT2D eigenvalue weighted by molar-refractivity contribution is 5.20. The van der Waals surface area contributed by atoms with E-state index in [9.17, 15) is 4.39 Å². The van der Waals surface area contributed by atoms with E-state index in [0.717, 1.165) is 24.4 Å². The molecule has 112 valence electrons. The van der Waals surface area contributed by atoms with Crippen molar-refractivity contribution >= 4 is 0 Å². The third-order valence-corrected chi connectivity index (χ3v) is 4.58. The van der Waals surface area contributed by atoms with E-state index in [-0.39, 0.29) is 11.9 Å². The Bertz CT molecular complexity index is 421. The Morgan fingerprint density at radius 3 is 2.85 bits per heavy atom. The van der Waals surface area contributed by atoms with E-state index in [2.05, 4.69) is 24.1 Å². The van der Waals surface area contributed by atoms with Gasteiger partial charge in [-0.05, 0) is 63.4 Å². The molecule has 20 heavy (non-hydrogen) atoms. The molecule has 0 aliphatic carbocycles. The van der Waals surface area contributed by atoms with Crippen LogP contribution in [0.25, 0.3) is 0 Å². The van der Waals surface area contributed by atoms with Crippen molar-refractivity contribution in [2.45, 2.75) is 45.2 Å². The normalized spacial score (nSPS) is 25.6. The van der Waals surface area contributed by atoms with Gasteiger partial charge < -0.3 is 10.2 Å². The number of piperidine rings is 1. The third-order valence-electron chi connectivity index (χ3n) is 4.58. The summed E-state index contributed by atoms with van der Waals surface area (Å²) in [6.45, 7) is 6.95. The molecule has 2 rings (SSSR count). The summed E-state index contributed by atoms with van der Waals surface area (Å²) >= 11 is 0. The van der Waals surface area contributed by atoms with Crippen LogP contribution in [0.15, 0.2) is 24.3 Å². The highest BCUT2D eigenvalue weighted by Crippen LogP contribution is 2.24. The van der Waals surface area contributed by atoms with E-state index in [1.54, 1.807) is 12.1 Å². The highest BCUT2D eigenvalue weighted by atomic mass is 19.1. The lowest BCUT2D eigenvalue weighted by atomic mass is 9.93. The van der Waals surface area contributed by atoms with Crippen LogP contribution < -0.4 is 5.32 Å². The van der Waals surface area contributed by atoms with Gasteiger partial charge in [-0.3, -0.25) is 0 Å². The molecule has 1 aromatic carbocycles. The van der Waals surface area contributed by atoms with E-state index in [0.29, 0.717) is 6.04 Å². The predicted octanol–water partition coefficient (Wildman–Crippen LogP) is 3.60. The first-order chi connectivity index (χ1) is 9.60. The minimum absolute atomic E-state index is 0.150. The molecule has 1 fully saturated rings. The molecular weight excluding hydrogens is 251 g/mol. The van der Waals surface area contributed by atoms with Crippen molar-refractivity contribution in [3.8, 4) is 0 Å². The summed E-state index contributed by atoms with van der Waals surface area (Å²) in [5.74, 6) is 0.701. The summed E-state index contributed by atoms with van der Waals surface area (Å²) in [6, 6.07) is 7.85. The summed E-state index contributed by atoms with van der Waals surface area (Å²) in [5, 5.41) is 3.32. The lowest BCUT2D eigenvalue weighted by molar-refractivity contribution is 0.124. The van der Waals surface area contributed by atoms with Crippen molar-refractivity contribution in [3.63, 3.8) is 0 Å². The zero-order valence-electron chi connectivity index (χ0n) is 12.9. The van der Waals surface area contributed by atoms with Crippen LogP contribution in [0.5, 0.6) is 0 Å². The molecule has 1 heterocycles. The number of hydrogen-bond donors (Lipinski definition) is 1. The lowest BCUT2D eigenvalue weighted by Gasteiger charge is -2.37. The van der Waals surface area contributed by atoms with Gasteiger partial charge in [-0.25, -0.2) is 4.39 Å². The van der Waals surface area contributed by atoms with Gasteiger partial charge in [0.05, 0.1) is 0 Å². The van der Waals surface area contributed by atoms with Crippen molar-refractivity contribution in [1.29, 1.82) is 0 Å². The van der Waals surface area contributed by atoms with Gasteiger partial charge in [0.1, 0.15) is 5.82 Å². The molecule has 1 aliphatic rings. The Hall–Kier alpha value is -0.930. The lowest BCUT2D eigenvalue weighted by Crippen LogP contribution is -2.41. The van der Waals surface area contributed by atoms with Crippen LogP contribution in [0.1, 0.15) is 44.7 Å². The van der Waals surface area contributed by atoms with E-state index in [1.165, 1.54) is 25.5 Å². The van der Waals surface area contributed by atoms with Crippen LogP contribution in [-0.2, 0) is 0 Å². The third kappa shape index (κ3) is 4.03. The molecule has 1 aliphatic heterocycles. The molecule has 0 radical (unpaired) electrons. The number of benzene rings is 1. The van der Waals surface area contributed by atoms with Gasteiger partial charge in [0.15, 0.2) is 0 Å². The average molecular weight is 278 g/mol. The van der Waals surface area contributed by atoms with Crippen molar-refractivity contribution in [1.82, 2.24) is 10.2 Å². The smallest absolute Gasteiger partial charge is 0.123 e. The maximum absolute atomic E-state index is 13.3. The SMILES string of the molecule is CNC(CCN1CCC(C)CC1C)c1cccc(F)c1. The van der Waals surface area contributed by atoms with Gasteiger partial charge in [-0.2, -0.15) is 0 Å². The summed E-state index contributed by atoms with van der Waals surface area (Å²) < 4.78 is 13.3. The average Bonchev–Trinajstić information content (AvgIpc) is 2.41. The van der Waals surface area contributed by atoms with Crippen LogP contribution in [0, 0.1) is 11.7 Å².